The molecule has 0 aliphatic carbocycles. The van der Waals surface area contributed by atoms with Crippen LogP contribution in [-0.2, 0) is 0 Å². The van der Waals surface area contributed by atoms with Crippen molar-refractivity contribution >= 4 is 0 Å². The Balaban J connectivity index is 1.99. The Morgan fingerprint density at radius 2 is 1.95 bits per heavy atom. The van der Waals surface area contributed by atoms with Gasteiger partial charge in [0.25, 0.3) is 0 Å². The number of likely N-dealkylation sites (tertiary alicyclic amines) is 1. The summed E-state index contributed by atoms with van der Waals surface area (Å²) < 4.78 is 40.1. The lowest BCUT2D eigenvalue weighted by Crippen LogP contribution is -2.31. The topological polar surface area (TPSA) is 24.5 Å². The average Bonchev–Trinajstić information content (AvgIpc) is 2.85. The molecule has 1 heterocycles. The molecule has 0 saturated carbocycles. The zero-order valence-electron chi connectivity index (χ0n) is 11.6. The molecule has 1 aromatic carbocycles. The predicted molar refractivity (Wildman–Crippen MR) is 70.6 cm³/mol. The zero-order valence-corrected chi connectivity index (χ0v) is 11.6. The first-order valence-corrected chi connectivity index (χ1v) is 6.66. The van der Waals surface area contributed by atoms with Gasteiger partial charge in [0, 0.05) is 25.2 Å². The Hall–Kier alpha value is -1.27. The molecule has 0 amide bonds. The summed E-state index contributed by atoms with van der Waals surface area (Å²) in [6.07, 6.45) is -3.54. The second-order valence-corrected chi connectivity index (χ2v) is 5.06. The van der Waals surface area contributed by atoms with Crippen molar-refractivity contribution in [2.75, 3.05) is 20.1 Å². The van der Waals surface area contributed by atoms with Gasteiger partial charge in [0.1, 0.15) is 5.75 Å². The largest absolute Gasteiger partial charge is 0.573 e. The number of hydrogen-bond acceptors (Lipinski definition) is 3. The van der Waals surface area contributed by atoms with E-state index in [9.17, 15) is 13.2 Å². The van der Waals surface area contributed by atoms with E-state index in [-0.39, 0.29) is 11.8 Å². The standard InChI is InChI=1S/C14H19F3N2O/c1-10(19-8-7-12(9-19)18-2)11-3-5-13(6-4-11)20-14(15,16)17/h3-6,10,12,18H,7-9H2,1-2H3. The van der Waals surface area contributed by atoms with Crippen molar-refractivity contribution in [2.45, 2.75) is 31.8 Å². The number of rotatable bonds is 4. The summed E-state index contributed by atoms with van der Waals surface area (Å²) >= 11 is 0. The van der Waals surface area contributed by atoms with Gasteiger partial charge in [0.2, 0.25) is 0 Å². The third-order valence-corrected chi connectivity index (χ3v) is 3.77. The highest BCUT2D eigenvalue weighted by Crippen LogP contribution is 2.28. The van der Waals surface area contributed by atoms with E-state index in [4.69, 9.17) is 0 Å². The SMILES string of the molecule is CNC1CCN(C(C)c2ccc(OC(F)(F)F)cc2)C1. The summed E-state index contributed by atoms with van der Waals surface area (Å²) in [6.45, 7) is 4.02. The van der Waals surface area contributed by atoms with Crippen LogP contribution < -0.4 is 10.1 Å². The molecule has 1 fully saturated rings. The first-order chi connectivity index (χ1) is 9.39. The number of hydrogen-bond donors (Lipinski definition) is 1. The summed E-state index contributed by atoms with van der Waals surface area (Å²) in [5.41, 5.74) is 0.997. The van der Waals surface area contributed by atoms with Gasteiger partial charge in [-0.2, -0.15) is 0 Å². The van der Waals surface area contributed by atoms with Gasteiger partial charge in [0.05, 0.1) is 0 Å². The molecule has 6 heteroatoms. The number of ether oxygens (including phenoxy) is 1. The molecule has 0 spiro atoms. The Bertz CT molecular complexity index is 433. The van der Waals surface area contributed by atoms with E-state index in [2.05, 4.69) is 21.9 Å². The van der Waals surface area contributed by atoms with Crippen molar-refractivity contribution in [1.82, 2.24) is 10.2 Å². The first-order valence-electron chi connectivity index (χ1n) is 6.66. The molecule has 2 rings (SSSR count). The maximum absolute atomic E-state index is 12.1. The quantitative estimate of drug-likeness (QED) is 0.922. The number of halogens is 3. The lowest BCUT2D eigenvalue weighted by atomic mass is 10.1. The van der Waals surface area contributed by atoms with Crippen LogP contribution in [0.5, 0.6) is 5.75 Å². The number of benzene rings is 1. The van der Waals surface area contributed by atoms with E-state index in [1.807, 2.05) is 7.05 Å². The molecule has 1 aromatic rings. The van der Waals surface area contributed by atoms with Gasteiger partial charge in [-0.25, -0.2) is 0 Å². The first kappa shape index (κ1) is 15.1. The van der Waals surface area contributed by atoms with Crippen LogP contribution >= 0.6 is 0 Å². The molecule has 20 heavy (non-hydrogen) atoms. The van der Waals surface area contributed by atoms with Crippen LogP contribution in [0.1, 0.15) is 24.9 Å². The third-order valence-electron chi connectivity index (χ3n) is 3.77. The zero-order chi connectivity index (χ0) is 14.8. The highest BCUT2D eigenvalue weighted by molar-refractivity contribution is 5.29. The van der Waals surface area contributed by atoms with Crippen molar-refractivity contribution < 1.29 is 17.9 Å². The minimum absolute atomic E-state index is 0.178. The second kappa shape index (κ2) is 6.01. The highest BCUT2D eigenvalue weighted by atomic mass is 19.4. The van der Waals surface area contributed by atoms with Crippen LogP contribution in [0.25, 0.3) is 0 Å². The van der Waals surface area contributed by atoms with E-state index in [1.54, 1.807) is 12.1 Å². The smallest absolute Gasteiger partial charge is 0.406 e. The monoisotopic (exact) mass is 288 g/mol. The lowest BCUT2D eigenvalue weighted by Gasteiger charge is -2.25. The Morgan fingerprint density at radius 3 is 2.45 bits per heavy atom. The minimum atomic E-state index is -4.64. The fourth-order valence-corrected chi connectivity index (χ4v) is 2.53. The van der Waals surface area contributed by atoms with Gasteiger partial charge in [0.15, 0.2) is 0 Å². The fourth-order valence-electron chi connectivity index (χ4n) is 2.53. The maximum Gasteiger partial charge on any atom is 0.573 e. The molecule has 1 N–H and O–H groups in total. The Kier molecular flexibility index (Phi) is 4.55. The Labute approximate surface area is 116 Å². The molecular formula is C14H19F3N2O. The van der Waals surface area contributed by atoms with Crippen molar-refractivity contribution in [3.05, 3.63) is 29.8 Å². The van der Waals surface area contributed by atoms with Crippen LogP contribution in [0.15, 0.2) is 24.3 Å². The van der Waals surface area contributed by atoms with E-state index in [0.717, 1.165) is 25.1 Å². The van der Waals surface area contributed by atoms with Crippen LogP contribution in [0, 0.1) is 0 Å². The average molecular weight is 288 g/mol. The van der Waals surface area contributed by atoms with Gasteiger partial charge in [-0.1, -0.05) is 12.1 Å². The molecule has 0 bridgehead atoms. The predicted octanol–water partition coefficient (Wildman–Crippen LogP) is 2.94. The van der Waals surface area contributed by atoms with Gasteiger partial charge < -0.3 is 10.1 Å². The summed E-state index contributed by atoms with van der Waals surface area (Å²) in [5, 5.41) is 3.25. The van der Waals surface area contributed by atoms with Gasteiger partial charge in [-0.05, 0) is 38.1 Å². The van der Waals surface area contributed by atoms with Gasteiger partial charge >= 0.3 is 6.36 Å². The van der Waals surface area contributed by atoms with Gasteiger partial charge in [-0.15, -0.1) is 13.2 Å². The lowest BCUT2D eigenvalue weighted by molar-refractivity contribution is -0.274. The van der Waals surface area contributed by atoms with Crippen LogP contribution in [0.2, 0.25) is 0 Å². The van der Waals surface area contributed by atoms with Crippen molar-refractivity contribution in [2.24, 2.45) is 0 Å². The molecule has 112 valence electrons. The summed E-state index contributed by atoms with van der Waals surface area (Å²) in [6, 6.07) is 6.80. The number of nitrogens with one attached hydrogen (secondary N) is 1. The molecule has 1 saturated heterocycles. The number of alkyl halides is 3. The van der Waals surface area contributed by atoms with E-state index in [0.29, 0.717) is 6.04 Å². The third kappa shape index (κ3) is 3.86. The maximum atomic E-state index is 12.1. The summed E-state index contributed by atoms with van der Waals surface area (Å²) in [4.78, 5) is 2.32. The molecule has 1 aliphatic rings. The van der Waals surface area contributed by atoms with E-state index < -0.39 is 6.36 Å². The van der Waals surface area contributed by atoms with Crippen LogP contribution in [0.4, 0.5) is 13.2 Å². The second-order valence-electron chi connectivity index (χ2n) is 5.06. The molecule has 3 nitrogen and oxygen atoms in total. The molecule has 2 atom stereocenters. The minimum Gasteiger partial charge on any atom is -0.406 e. The van der Waals surface area contributed by atoms with E-state index in [1.165, 1.54) is 12.1 Å². The fraction of sp³-hybridized carbons (Fsp3) is 0.571. The van der Waals surface area contributed by atoms with Crippen molar-refractivity contribution in [3.63, 3.8) is 0 Å². The van der Waals surface area contributed by atoms with Crippen molar-refractivity contribution in [3.8, 4) is 5.75 Å². The molecule has 0 aromatic heterocycles. The van der Waals surface area contributed by atoms with Crippen LogP contribution in [-0.4, -0.2) is 37.4 Å². The van der Waals surface area contributed by atoms with E-state index >= 15 is 0 Å². The van der Waals surface area contributed by atoms with Crippen LogP contribution in [0.3, 0.4) is 0 Å². The molecule has 1 aliphatic heterocycles. The van der Waals surface area contributed by atoms with Gasteiger partial charge in [-0.3, -0.25) is 4.90 Å². The molecular weight excluding hydrogens is 269 g/mol. The summed E-state index contributed by atoms with van der Waals surface area (Å²) in [5.74, 6) is -0.178. The number of nitrogens with zero attached hydrogens (tertiary/aromatic N) is 1. The summed E-state index contributed by atoms with van der Waals surface area (Å²) in [7, 11) is 1.95. The number of likely N-dealkylation sites (N-methyl/N-ethyl adjacent to an activating group) is 1. The molecule has 2 unspecified atom stereocenters. The normalized spacial score (nSPS) is 21.9. The highest BCUT2D eigenvalue weighted by Gasteiger charge is 2.31. The van der Waals surface area contributed by atoms with Crippen molar-refractivity contribution in [1.29, 1.82) is 0 Å². The Morgan fingerprint density at radius 1 is 1.30 bits per heavy atom. The molecule has 0 radical (unpaired) electrons.